The highest BCUT2D eigenvalue weighted by atomic mass is 19.1. The van der Waals surface area contributed by atoms with Crippen molar-refractivity contribution in [2.24, 2.45) is 0 Å². The average Bonchev–Trinajstić information content (AvgIpc) is 2.74. The van der Waals surface area contributed by atoms with Crippen LogP contribution in [-0.4, -0.2) is 11.9 Å². The lowest BCUT2D eigenvalue weighted by atomic mass is 10.1. The molecule has 0 saturated heterocycles. The van der Waals surface area contributed by atoms with Crippen molar-refractivity contribution in [3.63, 3.8) is 0 Å². The van der Waals surface area contributed by atoms with Gasteiger partial charge in [0.15, 0.2) is 0 Å². The van der Waals surface area contributed by atoms with E-state index in [9.17, 15) is 18.4 Å². The maximum absolute atomic E-state index is 13.1. The van der Waals surface area contributed by atoms with E-state index in [4.69, 9.17) is 4.74 Å². The van der Waals surface area contributed by atoms with Crippen molar-refractivity contribution < 1.29 is 23.1 Å². The van der Waals surface area contributed by atoms with Gasteiger partial charge in [0.05, 0.1) is 0 Å². The quantitative estimate of drug-likeness (QED) is 0.479. The van der Waals surface area contributed by atoms with Gasteiger partial charge in [0.1, 0.15) is 11.6 Å². The van der Waals surface area contributed by atoms with Crippen LogP contribution >= 0.6 is 0 Å². The lowest BCUT2D eigenvalue weighted by molar-refractivity contribution is -0.149. The number of amides is 1. The zero-order valence-corrected chi connectivity index (χ0v) is 15.2. The SMILES string of the molecule is O=C(/C=C/c1ccc(F)cc1)O[C@@H](C(=O)Nc1ccc(F)cc1)c1ccccc1. The molecule has 6 heteroatoms. The van der Waals surface area contributed by atoms with Gasteiger partial charge >= 0.3 is 5.97 Å². The Hall–Kier alpha value is -3.80. The fourth-order valence-electron chi connectivity index (χ4n) is 2.54. The largest absolute Gasteiger partial charge is 0.444 e. The van der Waals surface area contributed by atoms with E-state index in [0.717, 1.165) is 6.08 Å². The Morgan fingerprint density at radius 1 is 0.828 bits per heavy atom. The van der Waals surface area contributed by atoms with Crippen LogP contribution in [0.3, 0.4) is 0 Å². The number of carbonyl (C=O) groups excluding carboxylic acids is 2. The summed E-state index contributed by atoms with van der Waals surface area (Å²) in [6, 6.07) is 19.3. The van der Waals surface area contributed by atoms with Crippen LogP contribution in [0.4, 0.5) is 14.5 Å². The van der Waals surface area contributed by atoms with Crippen LogP contribution in [0.1, 0.15) is 17.2 Å². The Bertz CT molecular complexity index is 1000. The van der Waals surface area contributed by atoms with Gasteiger partial charge in [-0.2, -0.15) is 0 Å². The van der Waals surface area contributed by atoms with Gasteiger partial charge in [-0.15, -0.1) is 0 Å². The summed E-state index contributed by atoms with van der Waals surface area (Å²) in [4.78, 5) is 25.0. The predicted octanol–water partition coefficient (Wildman–Crippen LogP) is 4.90. The summed E-state index contributed by atoms with van der Waals surface area (Å²) < 4.78 is 31.4. The van der Waals surface area contributed by atoms with E-state index >= 15 is 0 Å². The molecule has 29 heavy (non-hydrogen) atoms. The Labute approximate surface area is 166 Å². The van der Waals surface area contributed by atoms with E-state index in [1.54, 1.807) is 30.3 Å². The molecule has 0 aliphatic carbocycles. The molecule has 4 nitrogen and oxygen atoms in total. The molecule has 0 heterocycles. The Morgan fingerprint density at radius 3 is 2.03 bits per heavy atom. The highest BCUT2D eigenvalue weighted by Crippen LogP contribution is 2.21. The topological polar surface area (TPSA) is 55.4 Å². The van der Waals surface area contributed by atoms with Crippen molar-refractivity contribution in [3.05, 3.63) is 108 Å². The summed E-state index contributed by atoms with van der Waals surface area (Å²) in [5, 5.41) is 2.60. The number of halogens is 2. The van der Waals surface area contributed by atoms with Gasteiger partial charge in [0.25, 0.3) is 5.91 Å². The third-order valence-electron chi connectivity index (χ3n) is 3.97. The molecule has 3 rings (SSSR count). The van der Waals surface area contributed by atoms with E-state index in [0.29, 0.717) is 16.8 Å². The van der Waals surface area contributed by atoms with Crippen LogP contribution in [0.15, 0.2) is 84.9 Å². The summed E-state index contributed by atoms with van der Waals surface area (Å²) >= 11 is 0. The van der Waals surface area contributed by atoms with Crippen molar-refractivity contribution in [3.8, 4) is 0 Å². The minimum atomic E-state index is -1.20. The van der Waals surface area contributed by atoms with Crippen molar-refractivity contribution in [2.75, 3.05) is 5.32 Å². The van der Waals surface area contributed by atoms with E-state index in [-0.39, 0.29) is 5.82 Å². The first kappa shape index (κ1) is 19.9. The fourth-order valence-corrected chi connectivity index (χ4v) is 2.54. The van der Waals surface area contributed by atoms with Crippen LogP contribution < -0.4 is 5.32 Å². The van der Waals surface area contributed by atoms with Gasteiger partial charge in [0, 0.05) is 17.3 Å². The number of esters is 1. The molecule has 3 aromatic carbocycles. The summed E-state index contributed by atoms with van der Waals surface area (Å²) in [5.74, 6) is -2.13. The molecule has 0 aliphatic rings. The molecule has 1 amide bonds. The second-order valence-corrected chi connectivity index (χ2v) is 6.11. The number of rotatable bonds is 6. The van der Waals surface area contributed by atoms with Crippen LogP contribution in [0.5, 0.6) is 0 Å². The average molecular weight is 393 g/mol. The van der Waals surface area contributed by atoms with Gasteiger partial charge in [-0.25, -0.2) is 13.6 Å². The molecule has 0 unspecified atom stereocenters. The maximum atomic E-state index is 13.1. The predicted molar refractivity (Wildman–Crippen MR) is 106 cm³/mol. The van der Waals surface area contributed by atoms with Gasteiger partial charge in [-0.3, -0.25) is 4.79 Å². The maximum Gasteiger partial charge on any atom is 0.331 e. The number of benzene rings is 3. The van der Waals surface area contributed by atoms with Crippen LogP contribution in [0.25, 0.3) is 6.08 Å². The molecular formula is C23H17F2NO3. The standard InChI is InChI=1S/C23H17F2NO3/c24-18-9-6-16(7-10-18)8-15-21(27)29-22(17-4-2-1-3-5-17)23(28)26-20-13-11-19(25)12-14-20/h1-15,22H,(H,26,28)/b15-8+/t22-/m1/s1. The summed E-state index contributed by atoms with van der Waals surface area (Å²) in [6.45, 7) is 0. The van der Waals surface area contributed by atoms with E-state index in [1.807, 2.05) is 0 Å². The third-order valence-corrected chi connectivity index (χ3v) is 3.97. The second-order valence-electron chi connectivity index (χ2n) is 6.11. The van der Waals surface area contributed by atoms with Crippen LogP contribution in [-0.2, 0) is 14.3 Å². The first-order chi connectivity index (χ1) is 14.0. The molecule has 1 atom stereocenters. The molecular weight excluding hydrogens is 376 g/mol. The number of ether oxygens (including phenoxy) is 1. The highest BCUT2D eigenvalue weighted by Gasteiger charge is 2.24. The number of hydrogen-bond donors (Lipinski definition) is 1. The molecule has 0 bridgehead atoms. The van der Waals surface area contributed by atoms with Crippen molar-refractivity contribution in [1.82, 2.24) is 0 Å². The molecule has 3 aromatic rings. The monoisotopic (exact) mass is 393 g/mol. The lowest BCUT2D eigenvalue weighted by Crippen LogP contribution is -2.25. The first-order valence-corrected chi connectivity index (χ1v) is 8.77. The zero-order valence-electron chi connectivity index (χ0n) is 15.2. The van der Waals surface area contributed by atoms with Gasteiger partial charge in [-0.1, -0.05) is 42.5 Å². The minimum Gasteiger partial charge on any atom is -0.444 e. The zero-order chi connectivity index (χ0) is 20.6. The number of nitrogens with one attached hydrogen (secondary N) is 1. The second kappa shape index (κ2) is 9.41. The van der Waals surface area contributed by atoms with Crippen molar-refractivity contribution >= 4 is 23.6 Å². The molecule has 146 valence electrons. The van der Waals surface area contributed by atoms with E-state index in [1.165, 1.54) is 54.6 Å². The summed E-state index contributed by atoms with van der Waals surface area (Å²) in [5.41, 5.74) is 1.46. The molecule has 1 N–H and O–H groups in total. The van der Waals surface area contributed by atoms with Crippen LogP contribution in [0.2, 0.25) is 0 Å². The number of hydrogen-bond acceptors (Lipinski definition) is 3. The molecule has 0 aliphatic heterocycles. The molecule has 0 radical (unpaired) electrons. The molecule has 0 saturated carbocycles. The van der Waals surface area contributed by atoms with Crippen LogP contribution in [0, 0.1) is 11.6 Å². The highest BCUT2D eigenvalue weighted by molar-refractivity contribution is 5.97. The first-order valence-electron chi connectivity index (χ1n) is 8.77. The summed E-state index contributed by atoms with van der Waals surface area (Å²) in [7, 11) is 0. The third kappa shape index (κ3) is 5.84. The Kier molecular flexibility index (Phi) is 6.47. The normalized spacial score (nSPS) is 11.8. The fraction of sp³-hybridized carbons (Fsp3) is 0.0435. The van der Waals surface area contributed by atoms with Crippen molar-refractivity contribution in [2.45, 2.75) is 6.10 Å². The van der Waals surface area contributed by atoms with Crippen molar-refractivity contribution in [1.29, 1.82) is 0 Å². The summed E-state index contributed by atoms with van der Waals surface area (Å²) in [6.07, 6.45) is 1.42. The molecule has 0 spiro atoms. The smallest absolute Gasteiger partial charge is 0.331 e. The van der Waals surface area contributed by atoms with Gasteiger partial charge in [-0.05, 0) is 48.0 Å². The number of carbonyl (C=O) groups is 2. The van der Waals surface area contributed by atoms with E-state index < -0.39 is 23.8 Å². The Balaban J connectivity index is 1.74. The van der Waals surface area contributed by atoms with Gasteiger partial charge in [0.2, 0.25) is 6.10 Å². The minimum absolute atomic E-state index is 0.371. The Morgan fingerprint density at radius 2 is 1.41 bits per heavy atom. The molecule has 0 fully saturated rings. The number of anilines is 1. The van der Waals surface area contributed by atoms with Gasteiger partial charge < -0.3 is 10.1 Å². The van der Waals surface area contributed by atoms with E-state index in [2.05, 4.69) is 5.32 Å². The molecule has 0 aromatic heterocycles. The lowest BCUT2D eigenvalue weighted by Gasteiger charge is -2.17.